The fourth-order valence-corrected chi connectivity index (χ4v) is 1.71. The molecule has 0 radical (unpaired) electrons. The summed E-state index contributed by atoms with van der Waals surface area (Å²) >= 11 is 0. The third-order valence-electron chi connectivity index (χ3n) is 2.77. The van der Waals surface area contributed by atoms with E-state index in [2.05, 4.69) is 20.6 Å². The van der Waals surface area contributed by atoms with E-state index in [0.717, 1.165) is 0 Å². The number of nitriles is 1. The Morgan fingerprint density at radius 1 is 1.36 bits per heavy atom. The van der Waals surface area contributed by atoms with Crippen LogP contribution in [0.3, 0.4) is 0 Å². The van der Waals surface area contributed by atoms with Crippen LogP contribution >= 0.6 is 0 Å². The molecule has 2 N–H and O–H groups in total. The van der Waals surface area contributed by atoms with Crippen molar-refractivity contribution in [2.24, 2.45) is 0 Å². The Kier molecular flexibility index (Phi) is 5.40. The van der Waals surface area contributed by atoms with Gasteiger partial charge < -0.3 is 15.4 Å². The monoisotopic (exact) mass is 297 g/mol. The molecule has 0 aliphatic heterocycles. The second-order valence-corrected chi connectivity index (χ2v) is 4.30. The van der Waals surface area contributed by atoms with Crippen molar-refractivity contribution in [1.29, 1.82) is 5.26 Å². The maximum atomic E-state index is 12.2. The zero-order valence-corrected chi connectivity index (χ0v) is 12.0. The Bertz CT molecular complexity index is 696. The van der Waals surface area contributed by atoms with Crippen LogP contribution in [-0.2, 0) is 4.74 Å². The average Bonchev–Trinajstić information content (AvgIpc) is 2.56. The van der Waals surface area contributed by atoms with Crippen molar-refractivity contribution in [3.8, 4) is 6.07 Å². The van der Waals surface area contributed by atoms with Crippen molar-refractivity contribution in [3.05, 3.63) is 47.8 Å². The lowest BCUT2D eigenvalue weighted by Gasteiger charge is -2.08. The van der Waals surface area contributed by atoms with Gasteiger partial charge in [-0.1, -0.05) is 12.1 Å². The minimum Gasteiger partial charge on any atom is -0.383 e. The molecule has 2 rings (SSSR count). The number of amides is 1. The summed E-state index contributed by atoms with van der Waals surface area (Å²) in [5, 5.41) is 14.6. The summed E-state index contributed by atoms with van der Waals surface area (Å²) in [7, 11) is 1.60. The minimum atomic E-state index is -0.403. The highest BCUT2D eigenvalue weighted by atomic mass is 16.5. The number of para-hydroxylation sites is 1. The molecule has 0 saturated heterocycles. The first-order valence-corrected chi connectivity index (χ1v) is 6.61. The largest absolute Gasteiger partial charge is 0.383 e. The van der Waals surface area contributed by atoms with Gasteiger partial charge in [-0.2, -0.15) is 5.26 Å². The lowest BCUT2D eigenvalue weighted by Crippen LogP contribution is -2.17. The topological polar surface area (TPSA) is 99.9 Å². The number of nitrogens with one attached hydrogen (secondary N) is 2. The SMILES string of the molecule is COCCNc1nccc(C(=O)Nc2ccccc2C#N)n1. The molecule has 2 aromatic rings. The minimum absolute atomic E-state index is 0.211. The van der Waals surface area contributed by atoms with E-state index in [-0.39, 0.29) is 5.69 Å². The maximum absolute atomic E-state index is 12.2. The summed E-state index contributed by atoms with van der Waals surface area (Å²) < 4.78 is 4.92. The van der Waals surface area contributed by atoms with Crippen LogP contribution in [0, 0.1) is 11.3 Å². The second kappa shape index (κ2) is 7.71. The summed E-state index contributed by atoms with van der Waals surface area (Å²) in [4.78, 5) is 20.3. The van der Waals surface area contributed by atoms with Gasteiger partial charge in [0.25, 0.3) is 5.91 Å². The predicted octanol–water partition coefficient (Wildman–Crippen LogP) is 1.66. The van der Waals surface area contributed by atoms with Gasteiger partial charge in [-0.05, 0) is 18.2 Å². The molecular weight excluding hydrogens is 282 g/mol. The number of nitrogens with zero attached hydrogens (tertiary/aromatic N) is 3. The van der Waals surface area contributed by atoms with Crippen molar-refractivity contribution in [2.45, 2.75) is 0 Å². The summed E-state index contributed by atoms with van der Waals surface area (Å²) in [6, 6.07) is 10.3. The van der Waals surface area contributed by atoms with Crippen LogP contribution in [0.4, 0.5) is 11.6 Å². The van der Waals surface area contributed by atoms with E-state index in [9.17, 15) is 4.79 Å². The van der Waals surface area contributed by atoms with Gasteiger partial charge in [-0.25, -0.2) is 9.97 Å². The average molecular weight is 297 g/mol. The number of aromatic nitrogens is 2. The van der Waals surface area contributed by atoms with Gasteiger partial charge in [0, 0.05) is 19.9 Å². The number of anilines is 2. The molecular formula is C15H15N5O2. The molecule has 22 heavy (non-hydrogen) atoms. The molecule has 0 aliphatic carbocycles. The van der Waals surface area contributed by atoms with Crippen LogP contribution in [-0.4, -0.2) is 36.1 Å². The van der Waals surface area contributed by atoms with Crippen LogP contribution in [0.5, 0.6) is 0 Å². The van der Waals surface area contributed by atoms with Gasteiger partial charge in [-0.3, -0.25) is 4.79 Å². The van der Waals surface area contributed by atoms with E-state index in [1.807, 2.05) is 6.07 Å². The smallest absolute Gasteiger partial charge is 0.274 e. The molecule has 0 aliphatic rings. The highest BCUT2D eigenvalue weighted by molar-refractivity contribution is 6.03. The molecule has 0 bridgehead atoms. The zero-order chi connectivity index (χ0) is 15.8. The van der Waals surface area contributed by atoms with Gasteiger partial charge in [-0.15, -0.1) is 0 Å². The number of ether oxygens (including phenoxy) is 1. The van der Waals surface area contributed by atoms with E-state index in [4.69, 9.17) is 10.00 Å². The summed E-state index contributed by atoms with van der Waals surface area (Å²) in [5.41, 5.74) is 1.05. The van der Waals surface area contributed by atoms with Crippen molar-refractivity contribution in [1.82, 2.24) is 9.97 Å². The van der Waals surface area contributed by atoms with Crippen LogP contribution in [0.1, 0.15) is 16.1 Å². The predicted molar refractivity (Wildman–Crippen MR) is 81.5 cm³/mol. The first-order chi connectivity index (χ1) is 10.7. The lowest BCUT2D eigenvalue weighted by atomic mass is 10.2. The molecule has 7 heteroatoms. The zero-order valence-electron chi connectivity index (χ0n) is 12.0. The van der Waals surface area contributed by atoms with Gasteiger partial charge >= 0.3 is 0 Å². The van der Waals surface area contributed by atoms with E-state index in [1.165, 1.54) is 12.3 Å². The molecule has 0 spiro atoms. The van der Waals surface area contributed by atoms with Crippen molar-refractivity contribution < 1.29 is 9.53 Å². The van der Waals surface area contributed by atoms with E-state index in [0.29, 0.717) is 30.4 Å². The maximum Gasteiger partial charge on any atom is 0.274 e. The van der Waals surface area contributed by atoms with Crippen LogP contribution in [0.25, 0.3) is 0 Å². The molecule has 0 atom stereocenters. The highest BCUT2D eigenvalue weighted by Crippen LogP contribution is 2.14. The van der Waals surface area contributed by atoms with Crippen LogP contribution < -0.4 is 10.6 Å². The number of hydrogen-bond acceptors (Lipinski definition) is 6. The molecule has 1 heterocycles. The molecule has 0 fully saturated rings. The number of methoxy groups -OCH3 is 1. The fraction of sp³-hybridized carbons (Fsp3) is 0.200. The highest BCUT2D eigenvalue weighted by Gasteiger charge is 2.11. The molecule has 7 nitrogen and oxygen atoms in total. The third kappa shape index (κ3) is 4.01. The quantitative estimate of drug-likeness (QED) is 0.786. The molecule has 1 amide bonds. The summed E-state index contributed by atoms with van der Waals surface area (Å²) in [5.74, 6) is -0.0573. The van der Waals surface area contributed by atoms with Crippen molar-refractivity contribution >= 4 is 17.5 Å². The summed E-state index contributed by atoms with van der Waals surface area (Å²) in [6.07, 6.45) is 1.49. The normalized spacial score (nSPS) is 9.82. The van der Waals surface area contributed by atoms with Crippen LogP contribution in [0.15, 0.2) is 36.5 Å². The molecule has 1 aromatic heterocycles. The summed E-state index contributed by atoms with van der Waals surface area (Å²) in [6.45, 7) is 1.05. The molecule has 112 valence electrons. The van der Waals surface area contributed by atoms with Gasteiger partial charge in [0.1, 0.15) is 11.8 Å². The third-order valence-corrected chi connectivity index (χ3v) is 2.77. The van der Waals surface area contributed by atoms with Gasteiger partial charge in [0.2, 0.25) is 5.95 Å². The number of rotatable bonds is 6. The fourth-order valence-electron chi connectivity index (χ4n) is 1.71. The number of hydrogen-bond donors (Lipinski definition) is 2. The van der Waals surface area contributed by atoms with Crippen molar-refractivity contribution in [2.75, 3.05) is 30.9 Å². The number of carbonyl (C=O) groups excluding carboxylic acids is 1. The van der Waals surface area contributed by atoms with Gasteiger partial charge in [0.15, 0.2) is 0 Å². The Balaban J connectivity index is 2.09. The number of benzene rings is 1. The lowest BCUT2D eigenvalue weighted by molar-refractivity contribution is 0.102. The Morgan fingerprint density at radius 2 is 2.18 bits per heavy atom. The Morgan fingerprint density at radius 3 is 2.95 bits per heavy atom. The van der Waals surface area contributed by atoms with Crippen LogP contribution in [0.2, 0.25) is 0 Å². The van der Waals surface area contributed by atoms with E-state index >= 15 is 0 Å². The standard InChI is InChI=1S/C15H15N5O2/c1-22-9-8-18-15-17-7-6-13(20-15)14(21)19-12-5-3-2-4-11(12)10-16/h2-7H,8-9H2,1H3,(H,19,21)(H,17,18,20). The Labute approximate surface area is 128 Å². The Hall–Kier alpha value is -2.98. The van der Waals surface area contributed by atoms with Crippen molar-refractivity contribution in [3.63, 3.8) is 0 Å². The van der Waals surface area contributed by atoms with Gasteiger partial charge in [0.05, 0.1) is 17.9 Å². The number of carbonyl (C=O) groups is 1. The molecule has 0 unspecified atom stereocenters. The second-order valence-electron chi connectivity index (χ2n) is 4.30. The molecule has 0 saturated carbocycles. The first-order valence-electron chi connectivity index (χ1n) is 6.61. The first kappa shape index (κ1) is 15.4. The van der Waals surface area contributed by atoms with E-state index in [1.54, 1.807) is 31.4 Å². The molecule has 1 aromatic carbocycles. The van der Waals surface area contributed by atoms with E-state index < -0.39 is 5.91 Å².